The van der Waals surface area contributed by atoms with Crippen LogP contribution >= 0.6 is 12.4 Å². The lowest BCUT2D eigenvalue weighted by Crippen LogP contribution is -2.51. The van der Waals surface area contributed by atoms with E-state index in [9.17, 15) is 14.4 Å². The van der Waals surface area contributed by atoms with E-state index in [0.717, 1.165) is 17.7 Å². The highest BCUT2D eigenvalue weighted by Crippen LogP contribution is 2.43. The number of likely N-dealkylation sites (N-methyl/N-ethyl adjacent to an activating group) is 1. The molecule has 1 aliphatic carbocycles. The SMILES string of the molecule is CN(CC(C)(C)CN)C(=O)CN1C(=O)NC2(CCC(C(C)(C)C)CC2)C1=O.Cl. The number of carbonyl (C=O) groups excluding carboxylic acids is 3. The molecule has 0 atom stereocenters. The fourth-order valence-electron chi connectivity index (χ4n) is 4.19. The van der Waals surface area contributed by atoms with E-state index in [1.54, 1.807) is 11.9 Å². The van der Waals surface area contributed by atoms with Gasteiger partial charge in [-0.05, 0) is 49.0 Å². The minimum Gasteiger partial charge on any atom is -0.344 e. The Morgan fingerprint density at radius 2 is 1.75 bits per heavy atom. The van der Waals surface area contributed by atoms with Crippen LogP contribution in [0.15, 0.2) is 0 Å². The fraction of sp³-hybridized carbons (Fsp3) is 0.850. The van der Waals surface area contributed by atoms with Crippen molar-refractivity contribution in [3.63, 3.8) is 0 Å². The van der Waals surface area contributed by atoms with Crippen molar-refractivity contribution in [1.29, 1.82) is 0 Å². The van der Waals surface area contributed by atoms with Gasteiger partial charge in [0.05, 0.1) is 0 Å². The van der Waals surface area contributed by atoms with Crippen LogP contribution in [0, 0.1) is 16.7 Å². The van der Waals surface area contributed by atoms with Crippen LogP contribution in [0.2, 0.25) is 0 Å². The first kappa shape index (κ1) is 24.7. The van der Waals surface area contributed by atoms with Gasteiger partial charge >= 0.3 is 6.03 Å². The Labute approximate surface area is 175 Å². The molecule has 0 unspecified atom stereocenters. The quantitative estimate of drug-likeness (QED) is 0.672. The molecule has 0 radical (unpaired) electrons. The topological polar surface area (TPSA) is 95.7 Å². The van der Waals surface area contributed by atoms with E-state index in [2.05, 4.69) is 26.1 Å². The molecule has 0 aromatic heterocycles. The van der Waals surface area contributed by atoms with Crippen LogP contribution in [0.1, 0.15) is 60.3 Å². The second-order valence-corrected chi connectivity index (χ2v) is 10.2. The van der Waals surface area contributed by atoms with E-state index in [1.807, 2.05) is 13.8 Å². The molecule has 3 N–H and O–H groups in total. The Balaban J connectivity index is 0.00000392. The van der Waals surface area contributed by atoms with Crippen LogP contribution in [0.3, 0.4) is 0 Å². The highest BCUT2D eigenvalue weighted by molar-refractivity contribution is 6.09. The smallest absolute Gasteiger partial charge is 0.325 e. The molecule has 0 aromatic rings. The lowest BCUT2D eigenvalue weighted by atomic mass is 9.67. The Hall–Kier alpha value is -1.34. The third kappa shape index (κ3) is 5.17. The van der Waals surface area contributed by atoms with Crippen LogP contribution in [0.4, 0.5) is 4.79 Å². The predicted octanol–water partition coefficient (Wildman–Crippen LogP) is 2.38. The summed E-state index contributed by atoms with van der Waals surface area (Å²) in [7, 11) is 1.68. The number of hydrogen-bond donors (Lipinski definition) is 2. The molecule has 7 nitrogen and oxygen atoms in total. The lowest BCUT2D eigenvalue weighted by Gasteiger charge is -2.40. The largest absolute Gasteiger partial charge is 0.344 e. The molecule has 1 spiro atoms. The van der Waals surface area contributed by atoms with Crippen LogP contribution in [0.25, 0.3) is 0 Å². The first-order chi connectivity index (χ1) is 12.3. The lowest BCUT2D eigenvalue weighted by molar-refractivity contribution is -0.139. The highest BCUT2D eigenvalue weighted by atomic mass is 35.5. The molecule has 2 rings (SSSR count). The summed E-state index contributed by atoms with van der Waals surface area (Å²) in [4.78, 5) is 40.6. The summed E-state index contributed by atoms with van der Waals surface area (Å²) < 4.78 is 0. The van der Waals surface area contributed by atoms with Crippen molar-refractivity contribution in [3.05, 3.63) is 0 Å². The number of urea groups is 1. The second kappa shape index (κ2) is 8.57. The van der Waals surface area contributed by atoms with E-state index in [4.69, 9.17) is 5.73 Å². The maximum atomic E-state index is 13.0. The highest BCUT2D eigenvalue weighted by Gasteiger charge is 2.53. The van der Waals surface area contributed by atoms with Crippen molar-refractivity contribution in [1.82, 2.24) is 15.1 Å². The summed E-state index contributed by atoms with van der Waals surface area (Å²) in [6, 6.07) is -0.450. The zero-order valence-electron chi connectivity index (χ0n) is 18.1. The number of carbonyl (C=O) groups is 3. The number of nitrogens with one attached hydrogen (secondary N) is 1. The van der Waals surface area contributed by atoms with Crippen LogP contribution in [-0.4, -0.2) is 59.9 Å². The van der Waals surface area contributed by atoms with E-state index in [-0.39, 0.29) is 41.6 Å². The van der Waals surface area contributed by atoms with Gasteiger partial charge in [-0.3, -0.25) is 14.5 Å². The summed E-state index contributed by atoms with van der Waals surface area (Å²) in [6.45, 7) is 11.3. The second-order valence-electron chi connectivity index (χ2n) is 10.2. The number of nitrogens with two attached hydrogens (primary N) is 1. The first-order valence-electron chi connectivity index (χ1n) is 9.89. The summed E-state index contributed by atoms with van der Waals surface area (Å²) >= 11 is 0. The van der Waals surface area contributed by atoms with Crippen LogP contribution in [-0.2, 0) is 9.59 Å². The molecular weight excluding hydrogens is 380 g/mol. The number of halogens is 1. The number of hydrogen-bond acceptors (Lipinski definition) is 4. The molecule has 2 aliphatic rings. The first-order valence-corrected chi connectivity index (χ1v) is 9.89. The number of imide groups is 1. The van der Waals surface area contributed by atoms with Gasteiger partial charge in [-0.25, -0.2) is 4.79 Å². The number of nitrogens with zero attached hydrogens (tertiary/aromatic N) is 2. The maximum Gasteiger partial charge on any atom is 0.325 e. The molecular formula is C20H37ClN4O3. The van der Waals surface area contributed by atoms with E-state index in [0.29, 0.717) is 31.8 Å². The van der Waals surface area contributed by atoms with Crippen molar-refractivity contribution in [2.75, 3.05) is 26.7 Å². The average Bonchev–Trinajstić information content (AvgIpc) is 2.78. The summed E-state index contributed by atoms with van der Waals surface area (Å²) in [5.41, 5.74) is 4.89. The average molecular weight is 417 g/mol. The van der Waals surface area contributed by atoms with Crippen molar-refractivity contribution in [3.8, 4) is 0 Å². The summed E-state index contributed by atoms with van der Waals surface area (Å²) in [6.07, 6.45) is 3.09. The van der Waals surface area contributed by atoms with Gasteiger partial charge in [-0.2, -0.15) is 0 Å². The molecule has 1 saturated heterocycles. The molecule has 1 heterocycles. The van der Waals surface area contributed by atoms with Gasteiger partial charge in [0.25, 0.3) is 5.91 Å². The van der Waals surface area contributed by atoms with E-state index >= 15 is 0 Å². The van der Waals surface area contributed by atoms with E-state index in [1.165, 1.54) is 0 Å². The number of rotatable bonds is 5. The third-order valence-corrected chi connectivity index (χ3v) is 6.25. The molecule has 162 valence electrons. The fourth-order valence-corrected chi connectivity index (χ4v) is 4.19. The standard InChI is InChI=1S/C20H36N4O3.ClH/c1-18(2,3)14-7-9-20(10-8-14)16(26)24(17(27)22-20)11-15(25)23(6)13-19(4,5)12-21;/h14H,7-13,21H2,1-6H3,(H,22,27);1H. The van der Waals surface area contributed by atoms with Crippen molar-refractivity contribution in [2.45, 2.75) is 65.8 Å². The normalized spacial score (nSPS) is 25.5. The molecule has 0 bridgehead atoms. The molecule has 28 heavy (non-hydrogen) atoms. The summed E-state index contributed by atoms with van der Waals surface area (Å²) in [5, 5.41) is 2.89. The van der Waals surface area contributed by atoms with Crippen molar-refractivity contribution in [2.24, 2.45) is 22.5 Å². The Morgan fingerprint density at radius 1 is 1.21 bits per heavy atom. The summed E-state index contributed by atoms with van der Waals surface area (Å²) in [5.74, 6) is 0.0354. The van der Waals surface area contributed by atoms with Crippen LogP contribution in [0.5, 0.6) is 0 Å². The van der Waals surface area contributed by atoms with Crippen molar-refractivity contribution < 1.29 is 14.4 Å². The molecule has 1 aliphatic heterocycles. The van der Waals surface area contributed by atoms with Gasteiger partial charge in [-0.1, -0.05) is 34.6 Å². The Kier molecular flexibility index (Phi) is 7.56. The van der Waals surface area contributed by atoms with Gasteiger partial charge < -0.3 is 16.0 Å². The molecule has 2 fully saturated rings. The number of amides is 4. The van der Waals surface area contributed by atoms with Gasteiger partial charge in [0.15, 0.2) is 0 Å². The predicted molar refractivity (Wildman–Crippen MR) is 112 cm³/mol. The van der Waals surface area contributed by atoms with E-state index < -0.39 is 11.6 Å². The minimum atomic E-state index is -0.825. The van der Waals surface area contributed by atoms with Crippen molar-refractivity contribution >= 4 is 30.3 Å². The molecule has 8 heteroatoms. The van der Waals surface area contributed by atoms with Gasteiger partial charge in [-0.15, -0.1) is 12.4 Å². The molecule has 1 saturated carbocycles. The Bertz CT molecular complexity index is 607. The van der Waals surface area contributed by atoms with Gasteiger partial charge in [0.1, 0.15) is 12.1 Å². The Morgan fingerprint density at radius 3 is 2.21 bits per heavy atom. The zero-order valence-corrected chi connectivity index (χ0v) is 18.9. The maximum absolute atomic E-state index is 13.0. The van der Waals surface area contributed by atoms with Crippen LogP contribution < -0.4 is 11.1 Å². The molecule has 0 aromatic carbocycles. The third-order valence-electron chi connectivity index (χ3n) is 6.25. The van der Waals surface area contributed by atoms with Gasteiger partial charge in [0.2, 0.25) is 5.91 Å². The van der Waals surface area contributed by atoms with Gasteiger partial charge in [0, 0.05) is 13.6 Å². The monoisotopic (exact) mass is 416 g/mol. The minimum absolute atomic E-state index is 0. The molecule has 4 amide bonds. The zero-order chi connectivity index (χ0) is 20.6.